The van der Waals surface area contributed by atoms with Crippen molar-refractivity contribution in [1.82, 2.24) is 14.7 Å². The van der Waals surface area contributed by atoms with Gasteiger partial charge in [-0.05, 0) is 12.5 Å². The van der Waals surface area contributed by atoms with Gasteiger partial charge in [0.05, 0.1) is 12.2 Å². The summed E-state index contributed by atoms with van der Waals surface area (Å²) in [4.78, 5) is 6.57. The lowest BCUT2D eigenvalue weighted by molar-refractivity contribution is 0.564. The van der Waals surface area contributed by atoms with Crippen LogP contribution in [0.3, 0.4) is 0 Å². The Kier molecular flexibility index (Phi) is 4.24. The molecular weight excluding hydrogens is 286 g/mol. The Labute approximate surface area is 117 Å². The lowest BCUT2D eigenvalue weighted by Crippen LogP contribution is -2.30. The standard InChI is InChI=1S/C12H14ClN3O2S/c1-9-14-8-12(15-9)19(17,18)16-11(7-13)10-5-3-2-4-6-10/h2-6,8,11,16H,7H2,1H3,(H,14,15). The number of sulfonamides is 1. The second-order valence-electron chi connectivity index (χ2n) is 4.07. The molecule has 2 N–H and O–H groups in total. The summed E-state index contributed by atoms with van der Waals surface area (Å²) in [7, 11) is -3.65. The summed E-state index contributed by atoms with van der Waals surface area (Å²) in [6, 6.07) is 8.72. The fourth-order valence-corrected chi connectivity index (χ4v) is 3.20. The molecule has 0 radical (unpaired) electrons. The average molecular weight is 300 g/mol. The van der Waals surface area contributed by atoms with E-state index in [2.05, 4.69) is 14.7 Å². The fourth-order valence-electron chi connectivity index (χ4n) is 1.66. The molecule has 1 unspecified atom stereocenters. The van der Waals surface area contributed by atoms with E-state index in [-0.39, 0.29) is 10.9 Å². The minimum Gasteiger partial charge on any atom is -0.332 e. The number of benzene rings is 1. The van der Waals surface area contributed by atoms with Gasteiger partial charge in [-0.2, -0.15) is 0 Å². The first-order valence-corrected chi connectivity index (χ1v) is 7.69. The molecule has 1 aromatic carbocycles. The van der Waals surface area contributed by atoms with E-state index < -0.39 is 16.1 Å². The number of aryl methyl sites for hydroxylation is 1. The number of nitrogens with one attached hydrogen (secondary N) is 2. The van der Waals surface area contributed by atoms with Gasteiger partial charge in [0, 0.05) is 5.88 Å². The van der Waals surface area contributed by atoms with Gasteiger partial charge in [-0.15, -0.1) is 11.6 Å². The molecule has 1 heterocycles. The van der Waals surface area contributed by atoms with Crippen LogP contribution >= 0.6 is 11.6 Å². The van der Waals surface area contributed by atoms with Crippen LogP contribution in [-0.2, 0) is 10.0 Å². The Balaban J connectivity index is 2.23. The second kappa shape index (κ2) is 5.73. The Bertz CT molecular complexity index is 640. The van der Waals surface area contributed by atoms with Crippen LogP contribution in [0.5, 0.6) is 0 Å². The summed E-state index contributed by atoms with van der Waals surface area (Å²) in [6.07, 6.45) is 1.29. The molecule has 0 spiro atoms. The molecule has 0 aliphatic carbocycles. The van der Waals surface area contributed by atoms with Crippen molar-refractivity contribution >= 4 is 21.6 Å². The minimum absolute atomic E-state index is 0.0380. The normalized spacial score (nSPS) is 13.4. The molecule has 1 atom stereocenters. The number of aromatic nitrogens is 2. The summed E-state index contributed by atoms with van der Waals surface area (Å²) >= 11 is 5.85. The molecule has 19 heavy (non-hydrogen) atoms. The number of hydrogen-bond donors (Lipinski definition) is 2. The van der Waals surface area contributed by atoms with Crippen molar-refractivity contribution in [3.05, 3.63) is 47.9 Å². The summed E-state index contributed by atoms with van der Waals surface area (Å²) in [6.45, 7) is 1.69. The van der Waals surface area contributed by atoms with E-state index in [1.165, 1.54) is 6.20 Å². The highest BCUT2D eigenvalue weighted by molar-refractivity contribution is 7.89. The molecule has 0 amide bonds. The van der Waals surface area contributed by atoms with Crippen LogP contribution in [0, 0.1) is 6.92 Å². The molecule has 2 rings (SSSR count). The average Bonchev–Trinajstić information content (AvgIpc) is 2.85. The van der Waals surface area contributed by atoms with Crippen molar-refractivity contribution in [2.24, 2.45) is 0 Å². The van der Waals surface area contributed by atoms with Crippen LogP contribution in [0.25, 0.3) is 0 Å². The first-order chi connectivity index (χ1) is 9.03. The molecule has 1 aromatic heterocycles. The number of hydrogen-bond acceptors (Lipinski definition) is 3. The first-order valence-electron chi connectivity index (χ1n) is 5.68. The number of H-pyrrole nitrogens is 1. The molecule has 0 fully saturated rings. The third kappa shape index (κ3) is 3.34. The Morgan fingerprint density at radius 2 is 2.05 bits per heavy atom. The maximum atomic E-state index is 12.1. The lowest BCUT2D eigenvalue weighted by atomic mass is 10.1. The number of aromatic amines is 1. The van der Waals surface area contributed by atoms with Gasteiger partial charge in [0.25, 0.3) is 10.0 Å². The highest BCUT2D eigenvalue weighted by atomic mass is 35.5. The molecule has 0 aliphatic heterocycles. The number of rotatable bonds is 5. The van der Waals surface area contributed by atoms with Gasteiger partial charge in [0.15, 0.2) is 5.03 Å². The van der Waals surface area contributed by atoms with E-state index in [0.29, 0.717) is 5.82 Å². The molecular formula is C12H14ClN3O2S. The molecule has 0 saturated carbocycles. The third-order valence-electron chi connectivity index (χ3n) is 2.62. The van der Waals surface area contributed by atoms with E-state index >= 15 is 0 Å². The molecule has 0 aliphatic rings. The molecule has 5 nitrogen and oxygen atoms in total. The number of imidazole rings is 1. The van der Waals surface area contributed by atoms with Gasteiger partial charge in [-0.1, -0.05) is 30.3 Å². The van der Waals surface area contributed by atoms with Crippen molar-refractivity contribution < 1.29 is 8.42 Å². The van der Waals surface area contributed by atoms with Crippen LogP contribution < -0.4 is 4.72 Å². The van der Waals surface area contributed by atoms with Gasteiger partial charge >= 0.3 is 0 Å². The van der Waals surface area contributed by atoms with E-state index in [0.717, 1.165) is 5.56 Å². The van der Waals surface area contributed by atoms with Gasteiger partial charge in [-0.25, -0.2) is 18.1 Å². The van der Waals surface area contributed by atoms with Crippen molar-refractivity contribution in [2.45, 2.75) is 18.0 Å². The first kappa shape index (κ1) is 14.0. The SMILES string of the molecule is Cc1ncc(S(=O)(=O)NC(CCl)c2ccccc2)[nH]1. The van der Waals surface area contributed by atoms with Gasteiger partial charge in [0.2, 0.25) is 0 Å². The summed E-state index contributed by atoms with van der Waals surface area (Å²) in [5.74, 6) is 0.693. The zero-order valence-corrected chi connectivity index (χ0v) is 11.9. The zero-order valence-electron chi connectivity index (χ0n) is 10.3. The number of nitrogens with zero attached hydrogens (tertiary/aromatic N) is 1. The van der Waals surface area contributed by atoms with Gasteiger partial charge in [0.1, 0.15) is 5.82 Å². The van der Waals surface area contributed by atoms with E-state index in [4.69, 9.17) is 11.6 Å². The summed E-state index contributed by atoms with van der Waals surface area (Å²) < 4.78 is 26.9. The van der Waals surface area contributed by atoms with Crippen molar-refractivity contribution in [2.75, 3.05) is 5.88 Å². The van der Waals surface area contributed by atoms with E-state index in [1.54, 1.807) is 6.92 Å². The Morgan fingerprint density at radius 1 is 1.37 bits per heavy atom. The van der Waals surface area contributed by atoms with Crippen LogP contribution in [0.2, 0.25) is 0 Å². The predicted octanol–water partition coefficient (Wildman–Crippen LogP) is 1.98. The number of alkyl halides is 1. The fraction of sp³-hybridized carbons (Fsp3) is 0.250. The highest BCUT2D eigenvalue weighted by Gasteiger charge is 2.22. The maximum Gasteiger partial charge on any atom is 0.258 e. The molecule has 2 aromatic rings. The lowest BCUT2D eigenvalue weighted by Gasteiger charge is -2.15. The third-order valence-corrected chi connectivity index (χ3v) is 4.31. The smallest absolute Gasteiger partial charge is 0.258 e. The quantitative estimate of drug-likeness (QED) is 0.829. The predicted molar refractivity (Wildman–Crippen MR) is 73.5 cm³/mol. The molecule has 102 valence electrons. The zero-order chi connectivity index (χ0) is 13.9. The van der Waals surface area contributed by atoms with Crippen LogP contribution in [0.15, 0.2) is 41.6 Å². The highest BCUT2D eigenvalue weighted by Crippen LogP contribution is 2.17. The molecule has 0 bridgehead atoms. The van der Waals surface area contributed by atoms with Crippen LogP contribution in [0.1, 0.15) is 17.4 Å². The van der Waals surface area contributed by atoms with E-state index in [9.17, 15) is 8.42 Å². The summed E-state index contributed by atoms with van der Waals surface area (Å²) in [5, 5.41) is 0.0380. The molecule has 0 saturated heterocycles. The maximum absolute atomic E-state index is 12.1. The van der Waals surface area contributed by atoms with Crippen molar-refractivity contribution in [3.8, 4) is 0 Å². The number of halogens is 1. The topological polar surface area (TPSA) is 74.8 Å². The van der Waals surface area contributed by atoms with Gasteiger partial charge < -0.3 is 4.98 Å². The van der Waals surface area contributed by atoms with E-state index in [1.807, 2.05) is 30.3 Å². The Hall–Kier alpha value is -1.37. The van der Waals surface area contributed by atoms with Gasteiger partial charge in [-0.3, -0.25) is 0 Å². The molecule has 7 heteroatoms. The second-order valence-corrected chi connectivity index (χ2v) is 6.06. The largest absolute Gasteiger partial charge is 0.332 e. The van der Waals surface area contributed by atoms with Crippen LogP contribution in [0.4, 0.5) is 0 Å². The van der Waals surface area contributed by atoms with Crippen molar-refractivity contribution in [3.63, 3.8) is 0 Å². The Morgan fingerprint density at radius 3 is 2.58 bits per heavy atom. The monoisotopic (exact) mass is 299 g/mol. The minimum atomic E-state index is -3.65. The van der Waals surface area contributed by atoms with Crippen LogP contribution in [-0.4, -0.2) is 24.3 Å². The summed E-state index contributed by atoms with van der Waals surface area (Å²) in [5.41, 5.74) is 0.817. The van der Waals surface area contributed by atoms with Crippen molar-refractivity contribution in [1.29, 1.82) is 0 Å².